The number of halogens is 1. The standard InChI is InChI=1S/C19H24FN3O4/c20-14-3-1-2-13(6-14)19(27)21-9-17(24)22-15-7-16(8-15)23(11-18(25)26)10-12-4-5-12/h1-3,6,12,15-16H,4-5,7-11H2,(H,21,27)(H,22,24)(H,25,26). The normalized spacial score (nSPS) is 21.4. The van der Waals surface area contributed by atoms with Gasteiger partial charge in [0.25, 0.3) is 5.91 Å². The van der Waals surface area contributed by atoms with Crippen molar-refractivity contribution in [3.05, 3.63) is 35.6 Å². The molecular weight excluding hydrogens is 353 g/mol. The number of carboxylic acid groups (broad SMARTS) is 1. The SMILES string of the molecule is O=C(O)CN(CC1CC1)C1CC(NC(=O)CNC(=O)c2cccc(F)c2)C1. The number of aliphatic carboxylic acids is 1. The Morgan fingerprint density at radius 2 is 1.96 bits per heavy atom. The van der Waals surface area contributed by atoms with Gasteiger partial charge in [-0.05, 0) is 49.8 Å². The number of hydrogen-bond acceptors (Lipinski definition) is 4. The van der Waals surface area contributed by atoms with Crippen molar-refractivity contribution in [3.8, 4) is 0 Å². The quantitative estimate of drug-likeness (QED) is 0.596. The van der Waals surface area contributed by atoms with Gasteiger partial charge in [-0.1, -0.05) is 6.07 Å². The van der Waals surface area contributed by atoms with Crippen LogP contribution in [0.1, 0.15) is 36.0 Å². The van der Waals surface area contributed by atoms with Gasteiger partial charge in [-0.15, -0.1) is 0 Å². The van der Waals surface area contributed by atoms with Crippen molar-refractivity contribution in [3.63, 3.8) is 0 Å². The second-order valence-corrected chi connectivity index (χ2v) is 7.35. The van der Waals surface area contributed by atoms with Gasteiger partial charge >= 0.3 is 5.97 Å². The molecule has 1 aromatic rings. The Bertz CT molecular complexity index is 717. The summed E-state index contributed by atoms with van der Waals surface area (Å²) >= 11 is 0. The maximum absolute atomic E-state index is 13.1. The third-order valence-electron chi connectivity index (χ3n) is 5.02. The molecule has 2 fully saturated rings. The van der Waals surface area contributed by atoms with Crippen molar-refractivity contribution in [1.82, 2.24) is 15.5 Å². The summed E-state index contributed by atoms with van der Waals surface area (Å²) in [4.78, 5) is 36.9. The minimum absolute atomic E-state index is 0.0101. The van der Waals surface area contributed by atoms with Gasteiger partial charge in [-0.3, -0.25) is 19.3 Å². The van der Waals surface area contributed by atoms with Crippen LogP contribution in [0.25, 0.3) is 0 Å². The van der Waals surface area contributed by atoms with E-state index in [1.807, 2.05) is 4.90 Å². The topological polar surface area (TPSA) is 98.7 Å². The number of carboxylic acids is 1. The Balaban J connectivity index is 1.38. The summed E-state index contributed by atoms with van der Waals surface area (Å²) < 4.78 is 13.1. The van der Waals surface area contributed by atoms with E-state index in [1.165, 1.54) is 18.2 Å². The molecule has 2 aliphatic carbocycles. The number of benzene rings is 1. The number of nitrogens with one attached hydrogen (secondary N) is 2. The summed E-state index contributed by atoms with van der Waals surface area (Å²) in [7, 11) is 0. The molecule has 0 radical (unpaired) electrons. The van der Waals surface area contributed by atoms with Crippen molar-refractivity contribution >= 4 is 17.8 Å². The lowest BCUT2D eigenvalue weighted by Crippen LogP contribution is -2.56. The highest BCUT2D eigenvalue weighted by atomic mass is 19.1. The number of hydrogen-bond donors (Lipinski definition) is 3. The first-order valence-electron chi connectivity index (χ1n) is 9.19. The maximum Gasteiger partial charge on any atom is 0.317 e. The molecule has 0 unspecified atom stereocenters. The third kappa shape index (κ3) is 5.75. The van der Waals surface area contributed by atoms with Gasteiger partial charge in [0, 0.05) is 24.2 Å². The Labute approximate surface area is 156 Å². The van der Waals surface area contributed by atoms with Crippen molar-refractivity contribution in [2.24, 2.45) is 5.92 Å². The van der Waals surface area contributed by atoms with Crippen LogP contribution >= 0.6 is 0 Å². The molecule has 0 spiro atoms. The molecule has 0 heterocycles. The number of carbonyl (C=O) groups excluding carboxylic acids is 2. The fourth-order valence-electron chi connectivity index (χ4n) is 3.32. The van der Waals surface area contributed by atoms with Gasteiger partial charge in [-0.2, -0.15) is 0 Å². The summed E-state index contributed by atoms with van der Waals surface area (Å²) in [5.41, 5.74) is 0.163. The average molecular weight is 377 g/mol. The van der Waals surface area contributed by atoms with Crippen molar-refractivity contribution in [1.29, 1.82) is 0 Å². The van der Waals surface area contributed by atoms with Crippen molar-refractivity contribution < 1.29 is 23.9 Å². The minimum atomic E-state index is -0.830. The zero-order valence-electron chi connectivity index (χ0n) is 15.0. The zero-order valence-corrected chi connectivity index (χ0v) is 15.0. The largest absolute Gasteiger partial charge is 0.480 e. The van der Waals surface area contributed by atoms with E-state index >= 15 is 0 Å². The predicted octanol–water partition coefficient (Wildman–Crippen LogP) is 0.999. The molecule has 27 heavy (non-hydrogen) atoms. The van der Waals surface area contributed by atoms with Gasteiger partial charge in [0.15, 0.2) is 0 Å². The van der Waals surface area contributed by atoms with Crippen LogP contribution < -0.4 is 10.6 Å². The Morgan fingerprint density at radius 3 is 2.59 bits per heavy atom. The second kappa shape index (κ2) is 8.47. The van der Waals surface area contributed by atoms with Crippen LogP contribution in [0.15, 0.2) is 24.3 Å². The van der Waals surface area contributed by atoms with Crippen molar-refractivity contribution in [2.75, 3.05) is 19.6 Å². The van der Waals surface area contributed by atoms with Crippen LogP contribution in [-0.4, -0.2) is 59.5 Å². The van der Waals surface area contributed by atoms with E-state index in [4.69, 9.17) is 5.11 Å². The summed E-state index contributed by atoms with van der Waals surface area (Å²) in [6, 6.07) is 5.43. The lowest BCUT2D eigenvalue weighted by atomic mass is 9.85. The number of rotatable bonds is 9. The molecule has 0 aromatic heterocycles. The van der Waals surface area contributed by atoms with Crippen LogP contribution in [0.3, 0.4) is 0 Å². The molecule has 2 aliphatic rings. The number of amides is 2. The molecule has 2 saturated carbocycles. The van der Waals surface area contributed by atoms with Crippen LogP contribution in [0.5, 0.6) is 0 Å². The smallest absolute Gasteiger partial charge is 0.317 e. The van der Waals surface area contributed by atoms with Crippen molar-refractivity contribution in [2.45, 2.75) is 37.8 Å². The monoisotopic (exact) mass is 377 g/mol. The van der Waals surface area contributed by atoms with E-state index in [-0.39, 0.29) is 36.6 Å². The molecule has 8 heteroatoms. The molecule has 1 aromatic carbocycles. The fraction of sp³-hybridized carbons (Fsp3) is 0.526. The summed E-state index contributed by atoms with van der Waals surface area (Å²) in [6.45, 7) is 0.657. The summed E-state index contributed by atoms with van der Waals surface area (Å²) in [5.74, 6) is -1.55. The lowest BCUT2D eigenvalue weighted by molar-refractivity contribution is -0.140. The van der Waals surface area contributed by atoms with Gasteiger partial charge in [0.05, 0.1) is 13.1 Å². The number of carbonyl (C=O) groups is 3. The lowest BCUT2D eigenvalue weighted by Gasteiger charge is -2.42. The minimum Gasteiger partial charge on any atom is -0.480 e. The predicted molar refractivity (Wildman–Crippen MR) is 95.6 cm³/mol. The first-order valence-corrected chi connectivity index (χ1v) is 9.19. The van der Waals surface area contributed by atoms with Gasteiger partial charge < -0.3 is 15.7 Å². The van der Waals surface area contributed by atoms with Crippen LogP contribution in [-0.2, 0) is 9.59 Å². The molecule has 7 nitrogen and oxygen atoms in total. The Morgan fingerprint density at radius 1 is 1.22 bits per heavy atom. The van der Waals surface area contributed by atoms with Crippen LogP contribution in [0.4, 0.5) is 4.39 Å². The first kappa shape index (κ1) is 19.3. The molecule has 0 bridgehead atoms. The molecule has 3 N–H and O–H groups in total. The van der Waals surface area contributed by atoms with E-state index in [0.29, 0.717) is 18.8 Å². The molecule has 0 atom stereocenters. The highest BCUT2D eigenvalue weighted by molar-refractivity contribution is 5.96. The summed E-state index contributed by atoms with van der Waals surface area (Å²) in [6.07, 6.45) is 3.75. The van der Waals surface area contributed by atoms with E-state index in [0.717, 1.165) is 25.5 Å². The third-order valence-corrected chi connectivity index (χ3v) is 5.02. The van der Waals surface area contributed by atoms with E-state index in [9.17, 15) is 18.8 Å². The number of nitrogens with zero attached hydrogens (tertiary/aromatic N) is 1. The zero-order chi connectivity index (χ0) is 19.4. The molecule has 0 saturated heterocycles. The van der Waals surface area contributed by atoms with Crippen LogP contribution in [0.2, 0.25) is 0 Å². The van der Waals surface area contributed by atoms with Gasteiger partial charge in [0.2, 0.25) is 5.91 Å². The van der Waals surface area contributed by atoms with Gasteiger partial charge in [0.1, 0.15) is 5.82 Å². The highest BCUT2D eigenvalue weighted by Gasteiger charge is 2.37. The Kier molecular flexibility index (Phi) is 6.05. The second-order valence-electron chi connectivity index (χ2n) is 7.35. The fourth-order valence-corrected chi connectivity index (χ4v) is 3.32. The van der Waals surface area contributed by atoms with E-state index in [1.54, 1.807) is 0 Å². The van der Waals surface area contributed by atoms with Gasteiger partial charge in [-0.25, -0.2) is 4.39 Å². The molecule has 146 valence electrons. The van der Waals surface area contributed by atoms with E-state index in [2.05, 4.69) is 10.6 Å². The molecule has 2 amide bonds. The van der Waals surface area contributed by atoms with E-state index < -0.39 is 17.7 Å². The molecule has 3 rings (SSSR count). The Hall–Kier alpha value is -2.48. The molecule has 0 aliphatic heterocycles. The molecular formula is C19H24FN3O4. The van der Waals surface area contributed by atoms with Crippen LogP contribution in [0, 0.1) is 11.7 Å². The average Bonchev–Trinajstić information content (AvgIpc) is 3.38. The highest BCUT2D eigenvalue weighted by Crippen LogP contribution is 2.33. The summed E-state index contributed by atoms with van der Waals surface area (Å²) in [5, 5.41) is 14.4. The first-order chi connectivity index (χ1) is 12.9. The maximum atomic E-state index is 13.1.